The third-order valence-electron chi connectivity index (χ3n) is 6.63. The predicted octanol–water partition coefficient (Wildman–Crippen LogP) is 3.30. The molecule has 2 atom stereocenters. The van der Waals surface area contributed by atoms with Crippen molar-refractivity contribution < 1.29 is 9.59 Å². The fourth-order valence-corrected chi connectivity index (χ4v) is 5.00. The van der Waals surface area contributed by atoms with Gasteiger partial charge in [-0.05, 0) is 72.0 Å². The lowest BCUT2D eigenvalue weighted by Crippen LogP contribution is -2.43. The number of aryl methyl sites for hydroxylation is 1. The van der Waals surface area contributed by atoms with Gasteiger partial charge >= 0.3 is 0 Å². The van der Waals surface area contributed by atoms with Gasteiger partial charge in [-0.1, -0.05) is 31.0 Å². The van der Waals surface area contributed by atoms with Gasteiger partial charge in [-0.25, -0.2) is 4.68 Å². The molecule has 3 aromatic rings. The highest BCUT2D eigenvalue weighted by molar-refractivity contribution is 6.02. The molecule has 2 unspecified atom stereocenters. The number of rotatable bonds is 4. The third kappa shape index (κ3) is 3.77. The van der Waals surface area contributed by atoms with Gasteiger partial charge in [0.15, 0.2) is 0 Å². The number of amides is 2. The van der Waals surface area contributed by atoms with E-state index in [-0.39, 0.29) is 23.7 Å². The molecule has 8 nitrogen and oxygen atoms in total. The molecule has 5 rings (SSSR count). The molecule has 1 aliphatic heterocycles. The van der Waals surface area contributed by atoms with E-state index in [4.69, 9.17) is 0 Å². The third-order valence-corrected chi connectivity index (χ3v) is 6.63. The monoisotopic (exact) mass is 430 g/mol. The van der Waals surface area contributed by atoms with Gasteiger partial charge in [-0.15, -0.1) is 5.10 Å². The Labute approximate surface area is 186 Å². The first kappa shape index (κ1) is 20.4. The second kappa shape index (κ2) is 8.53. The SMILES string of the molecule is Cc1cc(NC(=O)C2CCCCC2C(=O)N2CCc3ccccc32)ccc1-n1cnnn1. The normalized spacial score (nSPS) is 20.1. The van der Waals surface area contributed by atoms with Crippen LogP contribution in [0.2, 0.25) is 0 Å². The van der Waals surface area contributed by atoms with E-state index in [1.165, 1.54) is 11.9 Å². The average molecular weight is 431 g/mol. The van der Waals surface area contributed by atoms with Crippen LogP contribution in [0.1, 0.15) is 36.8 Å². The molecule has 1 fully saturated rings. The Morgan fingerprint density at radius 3 is 2.62 bits per heavy atom. The van der Waals surface area contributed by atoms with Gasteiger partial charge in [-0.2, -0.15) is 0 Å². The summed E-state index contributed by atoms with van der Waals surface area (Å²) < 4.78 is 1.59. The number of nitrogens with zero attached hydrogens (tertiary/aromatic N) is 5. The van der Waals surface area contributed by atoms with Crippen LogP contribution in [0.25, 0.3) is 5.69 Å². The molecule has 1 aliphatic carbocycles. The summed E-state index contributed by atoms with van der Waals surface area (Å²) in [6, 6.07) is 13.7. The van der Waals surface area contributed by atoms with Crippen LogP contribution in [-0.4, -0.2) is 38.6 Å². The van der Waals surface area contributed by atoms with Gasteiger partial charge < -0.3 is 10.2 Å². The fraction of sp³-hybridized carbons (Fsp3) is 0.375. The van der Waals surface area contributed by atoms with Crippen molar-refractivity contribution in [3.63, 3.8) is 0 Å². The minimum Gasteiger partial charge on any atom is -0.326 e. The summed E-state index contributed by atoms with van der Waals surface area (Å²) in [5, 5.41) is 14.3. The number of benzene rings is 2. The second-order valence-corrected chi connectivity index (χ2v) is 8.61. The van der Waals surface area contributed by atoms with Crippen molar-refractivity contribution in [1.82, 2.24) is 20.2 Å². The van der Waals surface area contributed by atoms with Crippen LogP contribution in [0.5, 0.6) is 0 Å². The summed E-state index contributed by atoms with van der Waals surface area (Å²) in [6.45, 7) is 2.64. The minimum absolute atomic E-state index is 0.0786. The largest absolute Gasteiger partial charge is 0.326 e. The predicted molar refractivity (Wildman–Crippen MR) is 120 cm³/mol. The maximum atomic E-state index is 13.5. The summed E-state index contributed by atoms with van der Waals surface area (Å²) in [6.07, 6.45) is 5.85. The summed E-state index contributed by atoms with van der Waals surface area (Å²) in [5.41, 5.74) is 4.71. The number of anilines is 2. The number of aromatic nitrogens is 4. The number of hydrogen-bond acceptors (Lipinski definition) is 5. The van der Waals surface area contributed by atoms with Crippen LogP contribution >= 0.6 is 0 Å². The van der Waals surface area contributed by atoms with Gasteiger partial charge in [-0.3, -0.25) is 9.59 Å². The molecule has 32 heavy (non-hydrogen) atoms. The highest BCUT2D eigenvalue weighted by Crippen LogP contribution is 2.36. The number of para-hydroxylation sites is 1. The molecule has 2 heterocycles. The molecule has 0 radical (unpaired) electrons. The second-order valence-electron chi connectivity index (χ2n) is 8.61. The molecular formula is C24H26N6O2. The minimum atomic E-state index is -0.316. The number of hydrogen-bond donors (Lipinski definition) is 1. The number of carbonyl (C=O) groups is 2. The van der Waals surface area contributed by atoms with Crippen molar-refractivity contribution >= 4 is 23.2 Å². The summed E-state index contributed by atoms with van der Waals surface area (Å²) in [4.78, 5) is 28.6. The van der Waals surface area contributed by atoms with Crippen molar-refractivity contribution in [2.45, 2.75) is 39.0 Å². The molecule has 0 bridgehead atoms. The van der Waals surface area contributed by atoms with E-state index in [2.05, 4.69) is 26.9 Å². The van der Waals surface area contributed by atoms with Gasteiger partial charge in [0, 0.05) is 23.8 Å². The molecule has 2 amide bonds. The van der Waals surface area contributed by atoms with E-state index >= 15 is 0 Å². The van der Waals surface area contributed by atoms with Crippen molar-refractivity contribution in [1.29, 1.82) is 0 Å². The Kier molecular flexibility index (Phi) is 5.43. The Morgan fingerprint density at radius 2 is 1.84 bits per heavy atom. The Morgan fingerprint density at radius 1 is 1.03 bits per heavy atom. The van der Waals surface area contributed by atoms with Crippen LogP contribution in [0.4, 0.5) is 11.4 Å². The number of nitrogens with one attached hydrogen (secondary N) is 1. The van der Waals surface area contributed by atoms with Crippen molar-refractivity contribution in [3.8, 4) is 5.69 Å². The van der Waals surface area contributed by atoms with E-state index in [1.54, 1.807) is 4.68 Å². The van der Waals surface area contributed by atoms with E-state index in [0.29, 0.717) is 12.2 Å². The Balaban J connectivity index is 1.32. The van der Waals surface area contributed by atoms with Gasteiger partial charge in [0.25, 0.3) is 0 Å². The topological polar surface area (TPSA) is 93.0 Å². The van der Waals surface area contributed by atoms with Gasteiger partial charge in [0.2, 0.25) is 11.8 Å². The van der Waals surface area contributed by atoms with Crippen LogP contribution in [0.15, 0.2) is 48.8 Å². The maximum absolute atomic E-state index is 13.5. The van der Waals surface area contributed by atoms with E-state index < -0.39 is 0 Å². The summed E-state index contributed by atoms with van der Waals surface area (Å²) >= 11 is 0. The lowest BCUT2D eigenvalue weighted by Gasteiger charge is -2.32. The quantitative estimate of drug-likeness (QED) is 0.686. The standard InChI is InChI=1S/C24H26N6O2/c1-16-14-18(10-11-21(16)30-15-25-27-28-30)26-23(31)19-7-3-4-8-20(19)24(32)29-13-12-17-6-2-5-9-22(17)29/h2,5-6,9-11,14-15,19-20H,3-4,7-8,12-13H2,1H3,(H,26,31). The molecule has 164 valence electrons. The lowest BCUT2D eigenvalue weighted by molar-refractivity contribution is -0.132. The zero-order valence-corrected chi connectivity index (χ0v) is 18.1. The van der Waals surface area contributed by atoms with Crippen molar-refractivity contribution in [2.75, 3.05) is 16.8 Å². The van der Waals surface area contributed by atoms with E-state index in [1.807, 2.05) is 48.2 Å². The van der Waals surface area contributed by atoms with Crippen LogP contribution in [-0.2, 0) is 16.0 Å². The smallest absolute Gasteiger partial charge is 0.230 e. The van der Waals surface area contributed by atoms with Crippen molar-refractivity contribution in [3.05, 3.63) is 59.9 Å². The maximum Gasteiger partial charge on any atom is 0.230 e. The molecule has 0 spiro atoms. The molecular weight excluding hydrogens is 404 g/mol. The number of tetrazole rings is 1. The van der Waals surface area contributed by atoms with E-state index in [0.717, 1.165) is 49.0 Å². The molecule has 2 aromatic carbocycles. The van der Waals surface area contributed by atoms with Crippen LogP contribution in [0.3, 0.4) is 0 Å². The zero-order valence-electron chi connectivity index (χ0n) is 18.1. The van der Waals surface area contributed by atoms with Gasteiger partial charge in [0.05, 0.1) is 11.6 Å². The highest BCUT2D eigenvalue weighted by Gasteiger charge is 2.39. The first-order valence-corrected chi connectivity index (χ1v) is 11.2. The fourth-order valence-electron chi connectivity index (χ4n) is 5.00. The summed E-state index contributed by atoms with van der Waals surface area (Å²) in [5.74, 6) is -0.592. The van der Waals surface area contributed by atoms with E-state index in [9.17, 15) is 9.59 Å². The molecule has 2 aliphatic rings. The van der Waals surface area contributed by atoms with Crippen molar-refractivity contribution in [2.24, 2.45) is 11.8 Å². The van der Waals surface area contributed by atoms with Gasteiger partial charge in [0.1, 0.15) is 6.33 Å². The molecule has 1 N–H and O–H groups in total. The van der Waals surface area contributed by atoms with Crippen LogP contribution < -0.4 is 10.2 Å². The zero-order chi connectivity index (χ0) is 22.1. The lowest BCUT2D eigenvalue weighted by atomic mass is 9.77. The first-order valence-electron chi connectivity index (χ1n) is 11.2. The molecule has 0 saturated heterocycles. The first-order chi connectivity index (χ1) is 15.6. The van der Waals surface area contributed by atoms with Crippen LogP contribution in [0, 0.1) is 18.8 Å². The molecule has 8 heteroatoms. The average Bonchev–Trinajstić information content (AvgIpc) is 3.49. The Bertz CT molecular complexity index is 1140. The molecule has 1 aromatic heterocycles. The summed E-state index contributed by atoms with van der Waals surface area (Å²) in [7, 11) is 0. The number of carbonyl (C=O) groups excluding carboxylic acids is 2. The molecule has 1 saturated carbocycles. The number of fused-ring (bicyclic) bond motifs is 1. The Hall–Kier alpha value is -3.55. The highest BCUT2D eigenvalue weighted by atomic mass is 16.2.